The molecule has 0 spiro atoms. The summed E-state index contributed by atoms with van der Waals surface area (Å²) in [5, 5.41) is 5.51. The number of hydrogen-bond donors (Lipinski definition) is 2. The molecule has 0 unspecified atom stereocenters. The molecule has 2 rings (SSSR count). The highest BCUT2D eigenvalue weighted by atomic mass is 16.5. The molecule has 0 aliphatic carbocycles. The van der Waals surface area contributed by atoms with Crippen molar-refractivity contribution in [3.8, 4) is 5.75 Å². The number of carbonyl (C=O) groups is 2. The van der Waals surface area contributed by atoms with Crippen LogP contribution in [0.3, 0.4) is 0 Å². The van der Waals surface area contributed by atoms with Gasteiger partial charge in [-0.15, -0.1) is 0 Å². The molecule has 0 radical (unpaired) electrons. The van der Waals surface area contributed by atoms with Crippen LogP contribution in [0.25, 0.3) is 0 Å². The Morgan fingerprint density at radius 3 is 2.62 bits per heavy atom. The van der Waals surface area contributed by atoms with E-state index >= 15 is 0 Å². The second-order valence-electron chi connectivity index (χ2n) is 5.04. The second kappa shape index (κ2) is 6.97. The van der Waals surface area contributed by atoms with Crippen molar-refractivity contribution in [2.45, 2.75) is 12.8 Å². The van der Waals surface area contributed by atoms with Crippen LogP contribution in [0.15, 0.2) is 24.3 Å². The van der Waals surface area contributed by atoms with Crippen LogP contribution >= 0.6 is 0 Å². The van der Waals surface area contributed by atoms with Crippen LogP contribution in [0.5, 0.6) is 5.75 Å². The number of ether oxygens (including phenoxy) is 1. The third kappa shape index (κ3) is 3.87. The highest BCUT2D eigenvalue weighted by Gasteiger charge is 2.26. The smallest absolute Gasteiger partial charge is 0.321 e. The second-order valence-corrected chi connectivity index (χ2v) is 5.04. The van der Waals surface area contributed by atoms with E-state index in [0.717, 1.165) is 0 Å². The number of urea groups is 1. The summed E-state index contributed by atoms with van der Waals surface area (Å²) in [6.45, 7) is 1.18. The van der Waals surface area contributed by atoms with E-state index in [1.807, 2.05) is 18.2 Å². The molecule has 1 aliphatic rings. The van der Waals surface area contributed by atoms with E-state index < -0.39 is 0 Å². The van der Waals surface area contributed by atoms with Crippen molar-refractivity contribution in [1.82, 2.24) is 10.2 Å². The number of methoxy groups -OCH3 is 1. The van der Waals surface area contributed by atoms with Crippen molar-refractivity contribution in [3.63, 3.8) is 0 Å². The van der Waals surface area contributed by atoms with Crippen molar-refractivity contribution < 1.29 is 14.3 Å². The minimum absolute atomic E-state index is 0.0101. The first-order valence-corrected chi connectivity index (χ1v) is 7.05. The van der Waals surface area contributed by atoms with Crippen LogP contribution in [0.1, 0.15) is 12.8 Å². The number of hydrogen-bond acceptors (Lipinski definition) is 3. The molecule has 21 heavy (non-hydrogen) atoms. The van der Waals surface area contributed by atoms with Crippen molar-refractivity contribution in [1.29, 1.82) is 0 Å². The average Bonchev–Trinajstić information content (AvgIpc) is 2.54. The van der Waals surface area contributed by atoms with E-state index in [-0.39, 0.29) is 17.9 Å². The van der Waals surface area contributed by atoms with Gasteiger partial charge in [-0.1, -0.05) is 6.07 Å². The Hall–Kier alpha value is -2.24. The molecule has 0 bridgehead atoms. The number of rotatable bonds is 3. The van der Waals surface area contributed by atoms with Crippen molar-refractivity contribution >= 4 is 17.6 Å². The number of nitrogens with one attached hydrogen (secondary N) is 2. The molecule has 1 saturated heterocycles. The molecule has 2 N–H and O–H groups in total. The monoisotopic (exact) mass is 291 g/mol. The summed E-state index contributed by atoms with van der Waals surface area (Å²) in [6.07, 6.45) is 1.40. The van der Waals surface area contributed by atoms with E-state index in [9.17, 15) is 9.59 Å². The van der Waals surface area contributed by atoms with E-state index in [1.54, 1.807) is 25.1 Å². The molecule has 6 heteroatoms. The fraction of sp³-hybridized carbons (Fsp3) is 0.467. The fourth-order valence-corrected chi connectivity index (χ4v) is 2.45. The minimum Gasteiger partial charge on any atom is -0.497 e. The standard InChI is InChI=1S/C15H21N3O3/c1-16-14(19)11-6-8-18(9-7-11)15(20)17-12-4-3-5-13(10-12)21-2/h3-5,10-11H,6-9H2,1-2H3,(H,16,19)(H,17,20). The van der Waals surface area contributed by atoms with Gasteiger partial charge in [0.05, 0.1) is 7.11 Å². The molecular weight excluding hydrogens is 270 g/mol. The summed E-state index contributed by atoms with van der Waals surface area (Å²) < 4.78 is 5.13. The third-order valence-corrected chi connectivity index (χ3v) is 3.72. The Labute approximate surface area is 124 Å². The topological polar surface area (TPSA) is 70.7 Å². The first kappa shape index (κ1) is 15.2. The third-order valence-electron chi connectivity index (χ3n) is 3.72. The molecule has 1 aromatic carbocycles. The summed E-state index contributed by atoms with van der Waals surface area (Å²) in [6, 6.07) is 7.10. The van der Waals surface area contributed by atoms with Crippen LogP contribution in [0.4, 0.5) is 10.5 Å². The highest BCUT2D eigenvalue weighted by molar-refractivity contribution is 5.89. The summed E-state index contributed by atoms with van der Waals surface area (Å²) in [5.41, 5.74) is 0.702. The van der Waals surface area contributed by atoms with Crippen LogP contribution in [-0.4, -0.2) is 44.1 Å². The van der Waals surface area contributed by atoms with Crippen LogP contribution in [0.2, 0.25) is 0 Å². The number of anilines is 1. The fourth-order valence-electron chi connectivity index (χ4n) is 2.45. The van der Waals surface area contributed by atoms with E-state index in [2.05, 4.69) is 10.6 Å². The molecule has 1 aromatic rings. The lowest BCUT2D eigenvalue weighted by molar-refractivity contribution is -0.125. The van der Waals surface area contributed by atoms with Gasteiger partial charge in [0.15, 0.2) is 0 Å². The van der Waals surface area contributed by atoms with Gasteiger partial charge in [0, 0.05) is 37.8 Å². The molecule has 6 nitrogen and oxygen atoms in total. The summed E-state index contributed by atoms with van der Waals surface area (Å²) in [4.78, 5) is 25.5. The number of nitrogens with zero attached hydrogens (tertiary/aromatic N) is 1. The van der Waals surface area contributed by atoms with E-state index in [0.29, 0.717) is 37.4 Å². The SMILES string of the molecule is CNC(=O)C1CCN(C(=O)Nc2cccc(OC)c2)CC1. The molecule has 0 saturated carbocycles. The lowest BCUT2D eigenvalue weighted by Crippen LogP contribution is -2.44. The Morgan fingerprint density at radius 1 is 1.29 bits per heavy atom. The van der Waals surface area contributed by atoms with Crippen LogP contribution < -0.4 is 15.4 Å². The predicted molar refractivity (Wildman–Crippen MR) is 80.4 cm³/mol. The molecular formula is C15H21N3O3. The first-order valence-electron chi connectivity index (χ1n) is 7.05. The van der Waals surface area contributed by atoms with Gasteiger partial charge in [-0.05, 0) is 25.0 Å². The van der Waals surface area contributed by atoms with Gasteiger partial charge in [0.2, 0.25) is 5.91 Å². The number of piperidine rings is 1. The number of likely N-dealkylation sites (tertiary alicyclic amines) is 1. The Bertz CT molecular complexity index is 511. The van der Waals surface area contributed by atoms with Gasteiger partial charge in [-0.2, -0.15) is 0 Å². The number of amides is 3. The Balaban J connectivity index is 1.88. The van der Waals surface area contributed by atoms with Crippen LogP contribution in [-0.2, 0) is 4.79 Å². The average molecular weight is 291 g/mol. The van der Waals surface area contributed by atoms with Crippen molar-refractivity contribution in [2.75, 3.05) is 32.6 Å². The highest BCUT2D eigenvalue weighted by Crippen LogP contribution is 2.20. The lowest BCUT2D eigenvalue weighted by atomic mass is 9.96. The van der Waals surface area contributed by atoms with Crippen LogP contribution in [0, 0.1) is 5.92 Å². The Morgan fingerprint density at radius 2 is 2.00 bits per heavy atom. The molecule has 1 aliphatic heterocycles. The maximum atomic E-state index is 12.2. The van der Waals surface area contributed by atoms with Gasteiger partial charge >= 0.3 is 6.03 Å². The molecule has 3 amide bonds. The predicted octanol–water partition coefficient (Wildman–Crippen LogP) is 1.69. The molecule has 0 atom stereocenters. The lowest BCUT2D eigenvalue weighted by Gasteiger charge is -2.31. The molecule has 1 fully saturated rings. The van der Waals surface area contributed by atoms with Crippen molar-refractivity contribution in [2.24, 2.45) is 5.92 Å². The van der Waals surface area contributed by atoms with Gasteiger partial charge in [0.1, 0.15) is 5.75 Å². The maximum absolute atomic E-state index is 12.2. The zero-order valence-corrected chi connectivity index (χ0v) is 12.4. The van der Waals surface area contributed by atoms with Gasteiger partial charge in [0.25, 0.3) is 0 Å². The normalized spacial score (nSPS) is 15.4. The summed E-state index contributed by atoms with van der Waals surface area (Å²) in [7, 11) is 3.23. The minimum atomic E-state index is -0.140. The summed E-state index contributed by atoms with van der Waals surface area (Å²) >= 11 is 0. The zero-order valence-electron chi connectivity index (χ0n) is 12.4. The van der Waals surface area contributed by atoms with E-state index in [4.69, 9.17) is 4.74 Å². The molecule has 114 valence electrons. The van der Waals surface area contributed by atoms with Gasteiger partial charge in [-0.3, -0.25) is 4.79 Å². The largest absolute Gasteiger partial charge is 0.497 e. The van der Waals surface area contributed by atoms with Gasteiger partial charge in [-0.25, -0.2) is 4.79 Å². The molecule has 0 aromatic heterocycles. The number of benzene rings is 1. The van der Waals surface area contributed by atoms with Crippen molar-refractivity contribution in [3.05, 3.63) is 24.3 Å². The maximum Gasteiger partial charge on any atom is 0.321 e. The quantitative estimate of drug-likeness (QED) is 0.890. The Kier molecular flexibility index (Phi) is 5.03. The summed E-state index contributed by atoms with van der Waals surface area (Å²) in [5.74, 6) is 0.768. The molecule has 1 heterocycles. The van der Waals surface area contributed by atoms with Gasteiger partial charge < -0.3 is 20.3 Å². The number of carbonyl (C=O) groups excluding carboxylic acids is 2. The van der Waals surface area contributed by atoms with E-state index in [1.165, 1.54) is 0 Å². The first-order chi connectivity index (χ1) is 10.1. The zero-order chi connectivity index (χ0) is 15.2.